The summed E-state index contributed by atoms with van der Waals surface area (Å²) in [5.41, 5.74) is -0.305. The summed E-state index contributed by atoms with van der Waals surface area (Å²) in [6.07, 6.45) is 3.21. The van der Waals surface area contributed by atoms with E-state index >= 15 is 0 Å². The maximum Gasteiger partial charge on any atom is 0.257 e. The number of anilines is 1. The molecule has 86 valence electrons. The van der Waals surface area contributed by atoms with Gasteiger partial charge in [-0.2, -0.15) is 0 Å². The van der Waals surface area contributed by atoms with Crippen LogP contribution in [0.1, 0.15) is 37.2 Å². The first kappa shape index (κ1) is 10.0. The minimum Gasteiger partial charge on any atom is -0.371 e. The average molecular weight is 239 g/mol. The number of aliphatic hydroxyl groups is 1. The molecular weight excluding hydrogens is 226 g/mol. The summed E-state index contributed by atoms with van der Waals surface area (Å²) >= 11 is 4.92. The zero-order valence-electron chi connectivity index (χ0n) is 8.67. The van der Waals surface area contributed by atoms with E-state index in [2.05, 4.69) is 15.3 Å². The number of aromatic amines is 2. The Kier molecular flexibility index (Phi) is 1.99. The number of rotatable bonds is 0. The molecule has 4 N–H and O–H groups in total. The molecule has 2 heterocycles. The SMILES string of the molecule is O=c1[nH]c(=S)[nH]c2c1C1CCCC(O)(C1)N2. The van der Waals surface area contributed by atoms with Crippen LogP contribution < -0.4 is 10.9 Å². The van der Waals surface area contributed by atoms with Gasteiger partial charge in [0.2, 0.25) is 0 Å². The first-order valence-electron chi connectivity index (χ1n) is 5.44. The first-order chi connectivity index (χ1) is 7.57. The molecule has 5 nitrogen and oxygen atoms in total. The standard InChI is InChI=1S/C10H13N3O2S/c14-8-6-5-2-1-3-10(15,4-5)13-7(6)11-9(16)12-8/h5,15H,1-4H2,(H3,11,12,13,14,16). The van der Waals surface area contributed by atoms with E-state index in [4.69, 9.17) is 12.2 Å². The third kappa shape index (κ3) is 1.41. The molecule has 1 aliphatic heterocycles. The molecule has 1 aliphatic carbocycles. The zero-order valence-corrected chi connectivity index (χ0v) is 9.49. The van der Waals surface area contributed by atoms with Crippen molar-refractivity contribution in [3.63, 3.8) is 0 Å². The molecule has 6 heteroatoms. The van der Waals surface area contributed by atoms with Crippen molar-refractivity contribution in [2.24, 2.45) is 0 Å². The zero-order chi connectivity index (χ0) is 11.3. The van der Waals surface area contributed by atoms with Gasteiger partial charge in [-0.1, -0.05) is 0 Å². The predicted octanol–water partition coefficient (Wildman–Crippen LogP) is 1.20. The number of H-pyrrole nitrogens is 2. The highest BCUT2D eigenvalue weighted by atomic mass is 32.1. The van der Waals surface area contributed by atoms with Gasteiger partial charge >= 0.3 is 0 Å². The van der Waals surface area contributed by atoms with Gasteiger partial charge in [0.1, 0.15) is 11.5 Å². The highest BCUT2D eigenvalue weighted by Crippen LogP contribution is 2.43. The fourth-order valence-electron chi connectivity index (χ4n) is 2.83. The normalized spacial score (nSPS) is 31.7. The van der Waals surface area contributed by atoms with E-state index < -0.39 is 5.72 Å². The molecule has 16 heavy (non-hydrogen) atoms. The van der Waals surface area contributed by atoms with Gasteiger partial charge in [-0.25, -0.2) is 0 Å². The molecule has 0 spiro atoms. The van der Waals surface area contributed by atoms with E-state index in [1.165, 1.54) is 0 Å². The van der Waals surface area contributed by atoms with Crippen molar-refractivity contribution >= 4 is 18.0 Å². The highest BCUT2D eigenvalue weighted by Gasteiger charge is 2.41. The second-order valence-corrected chi connectivity index (χ2v) is 5.06. The first-order valence-corrected chi connectivity index (χ1v) is 5.85. The monoisotopic (exact) mass is 239 g/mol. The van der Waals surface area contributed by atoms with Crippen LogP contribution in [0.2, 0.25) is 0 Å². The van der Waals surface area contributed by atoms with Gasteiger partial charge in [0, 0.05) is 6.42 Å². The Morgan fingerprint density at radius 1 is 1.44 bits per heavy atom. The summed E-state index contributed by atoms with van der Waals surface area (Å²) in [7, 11) is 0. The van der Waals surface area contributed by atoms with Crippen molar-refractivity contribution in [3.05, 3.63) is 20.7 Å². The van der Waals surface area contributed by atoms with Crippen LogP contribution in [-0.4, -0.2) is 20.8 Å². The molecule has 1 fully saturated rings. The Hall–Kier alpha value is -1.14. The molecule has 0 aromatic carbocycles. The van der Waals surface area contributed by atoms with Crippen molar-refractivity contribution in [1.82, 2.24) is 9.97 Å². The van der Waals surface area contributed by atoms with Crippen LogP contribution in [0.5, 0.6) is 0 Å². The lowest BCUT2D eigenvalue weighted by Gasteiger charge is -2.42. The van der Waals surface area contributed by atoms with E-state index in [1.807, 2.05) is 0 Å². The third-order valence-corrected chi connectivity index (χ3v) is 3.68. The Bertz CT molecular complexity index is 550. The molecule has 2 atom stereocenters. The molecule has 1 aromatic rings. The molecule has 2 unspecified atom stereocenters. The molecule has 3 rings (SSSR count). The van der Waals surface area contributed by atoms with E-state index in [0.717, 1.165) is 19.3 Å². The minimum atomic E-state index is -0.873. The molecule has 0 amide bonds. The van der Waals surface area contributed by atoms with Gasteiger partial charge in [0.05, 0.1) is 5.56 Å². The van der Waals surface area contributed by atoms with E-state index in [-0.39, 0.29) is 11.5 Å². The average Bonchev–Trinajstić information content (AvgIpc) is 2.14. The van der Waals surface area contributed by atoms with E-state index in [1.54, 1.807) is 0 Å². The maximum absolute atomic E-state index is 11.8. The minimum absolute atomic E-state index is 0.130. The Morgan fingerprint density at radius 3 is 3.06 bits per heavy atom. The number of aromatic nitrogens is 2. The van der Waals surface area contributed by atoms with Gasteiger partial charge in [0.15, 0.2) is 4.77 Å². The number of hydrogen-bond donors (Lipinski definition) is 4. The summed E-state index contributed by atoms with van der Waals surface area (Å²) in [5, 5.41) is 13.3. The van der Waals surface area contributed by atoms with Crippen molar-refractivity contribution in [3.8, 4) is 0 Å². The Balaban J connectivity index is 2.22. The Morgan fingerprint density at radius 2 is 2.25 bits per heavy atom. The molecule has 0 saturated heterocycles. The van der Waals surface area contributed by atoms with Crippen LogP contribution >= 0.6 is 12.2 Å². The Labute approximate surface area is 96.9 Å². The van der Waals surface area contributed by atoms with Gasteiger partial charge in [0.25, 0.3) is 5.56 Å². The third-order valence-electron chi connectivity index (χ3n) is 3.47. The second kappa shape index (κ2) is 3.18. The smallest absolute Gasteiger partial charge is 0.257 e. The summed E-state index contributed by atoms with van der Waals surface area (Å²) in [5.74, 6) is 0.720. The molecule has 1 aromatic heterocycles. The van der Waals surface area contributed by atoms with Gasteiger partial charge in [-0.3, -0.25) is 9.78 Å². The predicted molar refractivity (Wildman–Crippen MR) is 62.0 cm³/mol. The van der Waals surface area contributed by atoms with Crippen molar-refractivity contribution < 1.29 is 5.11 Å². The van der Waals surface area contributed by atoms with Crippen LogP contribution in [-0.2, 0) is 0 Å². The largest absolute Gasteiger partial charge is 0.371 e. The number of fused-ring (bicyclic) bond motifs is 4. The van der Waals surface area contributed by atoms with Crippen LogP contribution in [0.4, 0.5) is 5.82 Å². The van der Waals surface area contributed by atoms with Gasteiger partial charge in [-0.15, -0.1) is 0 Å². The summed E-state index contributed by atoms with van der Waals surface area (Å²) in [6.45, 7) is 0. The highest BCUT2D eigenvalue weighted by molar-refractivity contribution is 7.71. The summed E-state index contributed by atoms with van der Waals surface area (Å²) < 4.78 is 0.292. The van der Waals surface area contributed by atoms with Crippen LogP contribution in [0.15, 0.2) is 4.79 Å². The molecule has 2 bridgehead atoms. The summed E-state index contributed by atoms with van der Waals surface area (Å²) in [6, 6.07) is 0. The molecule has 2 aliphatic rings. The van der Waals surface area contributed by atoms with E-state index in [0.29, 0.717) is 22.6 Å². The van der Waals surface area contributed by atoms with Gasteiger partial charge in [-0.05, 0) is 37.4 Å². The second-order valence-electron chi connectivity index (χ2n) is 4.65. The van der Waals surface area contributed by atoms with Crippen LogP contribution in [0.25, 0.3) is 0 Å². The lowest BCUT2D eigenvalue weighted by molar-refractivity contribution is 0.0173. The van der Waals surface area contributed by atoms with Gasteiger partial charge < -0.3 is 15.4 Å². The fourth-order valence-corrected chi connectivity index (χ4v) is 3.02. The fraction of sp³-hybridized carbons (Fsp3) is 0.600. The maximum atomic E-state index is 11.8. The van der Waals surface area contributed by atoms with Crippen molar-refractivity contribution in [2.75, 3.05) is 5.32 Å². The van der Waals surface area contributed by atoms with Crippen molar-refractivity contribution in [1.29, 1.82) is 0 Å². The summed E-state index contributed by atoms with van der Waals surface area (Å²) in [4.78, 5) is 17.3. The number of hydrogen-bond acceptors (Lipinski definition) is 4. The van der Waals surface area contributed by atoms with Crippen LogP contribution in [0.3, 0.4) is 0 Å². The van der Waals surface area contributed by atoms with E-state index in [9.17, 15) is 9.90 Å². The molecule has 1 saturated carbocycles. The molecular formula is C10H13N3O2S. The number of nitrogens with one attached hydrogen (secondary N) is 3. The topological polar surface area (TPSA) is 80.9 Å². The van der Waals surface area contributed by atoms with Crippen molar-refractivity contribution in [2.45, 2.75) is 37.3 Å². The molecule has 0 radical (unpaired) electrons. The lowest BCUT2D eigenvalue weighted by Crippen LogP contribution is -2.47. The van der Waals surface area contributed by atoms with Crippen LogP contribution in [0, 0.1) is 4.77 Å². The quantitative estimate of drug-likeness (QED) is 0.513. The lowest BCUT2D eigenvalue weighted by atomic mass is 9.77.